The van der Waals surface area contributed by atoms with Gasteiger partial charge in [0.1, 0.15) is 5.78 Å². The van der Waals surface area contributed by atoms with E-state index in [1.165, 1.54) is 38.5 Å². The predicted molar refractivity (Wildman–Crippen MR) is 70.0 cm³/mol. The molecule has 1 aromatic heterocycles. The third-order valence-corrected chi connectivity index (χ3v) is 3.04. The van der Waals surface area contributed by atoms with Crippen LogP contribution in [0.25, 0.3) is 0 Å². The molecule has 1 rings (SSSR count). The van der Waals surface area contributed by atoms with E-state index < -0.39 is 0 Å². The molecule has 2 nitrogen and oxygen atoms in total. The standard InChI is InChI=1S/C15H24O2/c1-2-3-4-5-6-7-8-9-15(16)12-14-10-11-17-13-14/h10-11,13H,2-9,12H2,1H3. The lowest BCUT2D eigenvalue weighted by Gasteiger charge is -2.01. The second-order valence-electron chi connectivity index (χ2n) is 4.72. The molecule has 17 heavy (non-hydrogen) atoms. The smallest absolute Gasteiger partial charge is 0.137 e. The number of rotatable bonds is 10. The highest BCUT2D eigenvalue weighted by molar-refractivity contribution is 5.80. The van der Waals surface area contributed by atoms with Gasteiger partial charge in [-0.1, -0.05) is 45.4 Å². The number of Topliss-reactive ketones (excluding diaryl/α,β-unsaturated/α-hetero) is 1. The van der Waals surface area contributed by atoms with Crippen molar-refractivity contribution in [3.05, 3.63) is 24.2 Å². The molecule has 0 aliphatic heterocycles. The van der Waals surface area contributed by atoms with Gasteiger partial charge >= 0.3 is 0 Å². The Morgan fingerprint density at radius 1 is 1.12 bits per heavy atom. The Morgan fingerprint density at radius 3 is 2.47 bits per heavy atom. The van der Waals surface area contributed by atoms with E-state index in [0.717, 1.165) is 18.4 Å². The molecule has 0 radical (unpaired) electrons. The summed E-state index contributed by atoms with van der Waals surface area (Å²) in [7, 11) is 0. The van der Waals surface area contributed by atoms with Crippen molar-refractivity contribution in [2.24, 2.45) is 0 Å². The van der Waals surface area contributed by atoms with Gasteiger partial charge < -0.3 is 4.42 Å². The maximum atomic E-state index is 11.6. The minimum absolute atomic E-state index is 0.333. The number of furan rings is 1. The van der Waals surface area contributed by atoms with Gasteiger partial charge in [0.05, 0.1) is 12.5 Å². The quantitative estimate of drug-likeness (QED) is 0.559. The Hall–Kier alpha value is -1.05. The molecule has 0 aliphatic rings. The lowest BCUT2D eigenvalue weighted by Crippen LogP contribution is -2.01. The van der Waals surface area contributed by atoms with Crippen LogP contribution in [0.1, 0.15) is 63.9 Å². The van der Waals surface area contributed by atoms with Crippen molar-refractivity contribution in [1.82, 2.24) is 0 Å². The van der Waals surface area contributed by atoms with Gasteiger partial charge in [0.25, 0.3) is 0 Å². The van der Waals surface area contributed by atoms with Gasteiger partial charge in [-0.15, -0.1) is 0 Å². The minimum atomic E-state index is 0.333. The third-order valence-electron chi connectivity index (χ3n) is 3.04. The number of hydrogen-bond donors (Lipinski definition) is 0. The average molecular weight is 236 g/mol. The molecule has 2 heteroatoms. The molecule has 0 spiro atoms. The van der Waals surface area contributed by atoms with Crippen LogP contribution in [0.15, 0.2) is 23.0 Å². The maximum Gasteiger partial charge on any atom is 0.137 e. The molecule has 96 valence electrons. The summed E-state index contributed by atoms with van der Waals surface area (Å²) in [4.78, 5) is 11.6. The van der Waals surface area contributed by atoms with Crippen molar-refractivity contribution < 1.29 is 9.21 Å². The molecule has 1 aromatic rings. The molecule has 0 aromatic carbocycles. The van der Waals surface area contributed by atoms with Gasteiger partial charge in [-0.3, -0.25) is 4.79 Å². The number of carbonyl (C=O) groups is 1. The highest BCUT2D eigenvalue weighted by atomic mass is 16.3. The normalized spacial score (nSPS) is 10.6. The fraction of sp³-hybridized carbons (Fsp3) is 0.667. The van der Waals surface area contributed by atoms with Gasteiger partial charge in [0.15, 0.2) is 0 Å². The van der Waals surface area contributed by atoms with Crippen LogP contribution in [0.2, 0.25) is 0 Å². The Balaban J connectivity index is 1.94. The number of carbonyl (C=O) groups excluding carboxylic acids is 1. The van der Waals surface area contributed by atoms with Crippen LogP contribution < -0.4 is 0 Å². The van der Waals surface area contributed by atoms with Crippen LogP contribution in [0.5, 0.6) is 0 Å². The first kappa shape index (κ1) is 14.0. The number of ketones is 1. The van der Waals surface area contributed by atoms with Gasteiger partial charge in [0.2, 0.25) is 0 Å². The lowest BCUT2D eigenvalue weighted by atomic mass is 10.0. The summed E-state index contributed by atoms with van der Waals surface area (Å²) in [5.41, 5.74) is 0.998. The Morgan fingerprint density at radius 2 is 1.82 bits per heavy atom. The van der Waals surface area contributed by atoms with Crippen molar-refractivity contribution in [3.63, 3.8) is 0 Å². The first-order valence-corrected chi connectivity index (χ1v) is 6.85. The van der Waals surface area contributed by atoms with E-state index in [1.807, 2.05) is 6.07 Å². The van der Waals surface area contributed by atoms with Gasteiger partial charge in [-0.25, -0.2) is 0 Å². The number of unbranched alkanes of at least 4 members (excludes halogenated alkanes) is 6. The summed E-state index contributed by atoms with van der Waals surface area (Å²) in [6.45, 7) is 2.23. The summed E-state index contributed by atoms with van der Waals surface area (Å²) >= 11 is 0. The second kappa shape index (κ2) is 9.03. The Kier molecular flexibility index (Phi) is 7.44. The van der Waals surface area contributed by atoms with Gasteiger partial charge in [-0.05, 0) is 18.1 Å². The lowest BCUT2D eigenvalue weighted by molar-refractivity contribution is -0.118. The summed E-state index contributed by atoms with van der Waals surface area (Å²) in [6, 6.07) is 1.86. The van der Waals surface area contributed by atoms with Crippen molar-refractivity contribution in [3.8, 4) is 0 Å². The van der Waals surface area contributed by atoms with Crippen LogP contribution in [-0.2, 0) is 11.2 Å². The monoisotopic (exact) mass is 236 g/mol. The van der Waals surface area contributed by atoms with Gasteiger partial charge in [-0.2, -0.15) is 0 Å². The Labute approximate surface area is 104 Å². The molecule has 0 N–H and O–H groups in total. The van der Waals surface area contributed by atoms with Gasteiger partial charge in [0, 0.05) is 12.8 Å². The van der Waals surface area contributed by atoms with Crippen LogP contribution in [-0.4, -0.2) is 5.78 Å². The van der Waals surface area contributed by atoms with Crippen LogP contribution in [0, 0.1) is 0 Å². The van der Waals surface area contributed by atoms with Crippen molar-refractivity contribution in [1.29, 1.82) is 0 Å². The topological polar surface area (TPSA) is 30.2 Å². The molecule has 0 fully saturated rings. The van der Waals surface area contributed by atoms with Crippen LogP contribution in [0.4, 0.5) is 0 Å². The summed E-state index contributed by atoms with van der Waals surface area (Å²) in [5.74, 6) is 0.333. The molecule has 0 bridgehead atoms. The van der Waals surface area contributed by atoms with Crippen LogP contribution >= 0.6 is 0 Å². The average Bonchev–Trinajstić information content (AvgIpc) is 2.80. The van der Waals surface area contributed by atoms with Crippen molar-refractivity contribution in [2.45, 2.75) is 64.7 Å². The summed E-state index contributed by atoms with van der Waals surface area (Å²) < 4.78 is 4.94. The molecule has 0 unspecified atom stereocenters. The molecular weight excluding hydrogens is 212 g/mol. The molecule has 0 amide bonds. The molecule has 0 saturated heterocycles. The number of hydrogen-bond acceptors (Lipinski definition) is 2. The third kappa shape index (κ3) is 6.98. The molecule has 0 atom stereocenters. The molecular formula is C15H24O2. The van der Waals surface area contributed by atoms with E-state index >= 15 is 0 Å². The fourth-order valence-corrected chi connectivity index (χ4v) is 1.99. The highest BCUT2D eigenvalue weighted by Crippen LogP contribution is 2.10. The van der Waals surface area contributed by atoms with E-state index in [0.29, 0.717) is 12.2 Å². The zero-order chi connectivity index (χ0) is 12.3. The first-order chi connectivity index (χ1) is 8.33. The SMILES string of the molecule is CCCCCCCCCC(=O)Cc1ccoc1. The summed E-state index contributed by atoms with van der Waals surface area (Å²) in [6.07, 6.45) is 13.4. The zero-order valence-corrected chi connectivity index (χ0v) is 10.9. The zero-order valence-electron chi connectivity index (χ0n) is 10.9. The van der Waals surface area contributed by atoms with Crippen molar-refractivity contribution >= 4 is 5.78 Å². The van der Waals surface area contributed by atoms with E-state index in [9.17, 15) is 4.79 Å². The van der Waals surface area contributed by atoms with Crippen molar-refractivity contribution in [2.75, 3.05) is 0 Å². The minimum Gasteiger partial charge on any atom is -0.472 e. The second-order valence-corrected chi connectivity index (χ2v) is 4.72. The molecule has 0 saturated carbocycles. The fourth-order valence-electron chi connectivity index (χ4n) is 1.99. The highest BCUT2D eigenvalue weighted by Gasteiger charge is 2.04. The van der Waals surface area contributed by atoms with E-state index in [4.69, 9.17) is 4.42 Å². The molecule has 0 aliphatic carbocycles. The largest absolute Gasteiger partial charge is 0.472 e. The van der Waals surface area contributed by atoms with E-state index in [2.05, 4.69) is 6.92 Å². The van der Waals surface area contributed by atoms with Crippen LogP contribution in [0.3, 0.4) is 0 Å². The maximum absolute atomic E-state index is 11.6. The van der Waals surface area contributed by atoms with E-state index in [1.54, 1.807) is 12.5 Å². The Bertz CT molecular complexity index is 288. The predicted octanol–water partition coefficient (Wildman–Crippen LogP) is 4.53. The first-order valence-electron chi connectivity index (χ1n) is 6.85. The molecule has 1 heterocycles. The van der Waals surface area contributed by atoms with E-state index in [-0.39, 0.29) is 0 Å². The summed E-state index contributed by atoms with van der Waals surface area (Å²) in [5, 5.41) is 0.